The van der Waals surface area contributed by atoms with Crippen LogP contribution in [0.2, 0.25) is 0 Å². The van der Waals surface area contributed by atoms with Gasteiger partial charge in [0.15, 0.2) is 0 Å². The van der Waals surface area contributed by atoms with E-state index in [9.17, 15) is 0 Å². The maximum atomic E-state index is 2.56. The molecule has 0 heterocycles. The van der Waals surface area contributed by atoms with Crippen LogP contribution in [0.15, 0.2) is 231 Å². The molecule has 0 saturated heterocycles. The smallest absolute Gasteiger partial charge is 0.0619 e. The van der Waals surface area contributed by atoms with Crippen LogP contribution >= 0.6 is 0 Å². The Bertz CT molecular complexity index is 3790. The van der Waals surface area contributed by atoms with Gasteiger partial charge in [0.2, 0.25) is 0 Å². The minimum absolute atomic E-state index is 0.471. The van der Waals surface area contributed by atoms with E-state index < -0.39 is 5.41 Å². The normalized spacial score (nSPS) is 13.2. The summed E-state index contributed by atoms with van der Waals surface area (Å²) in [7, 11) is 0. The molecular weight excluding hydrogens is 757 g/mol. The molecule has 0 radical (unpaired) electrons. The molecule has 0 N–H and O–H groups in total. The Morgan fingerprint density at radius 1 is 0.222 bits per heavy atom. The predicted octanol–water partition coefficient (Wildman–Crippen LogP) is 16.8. The van der Waals surface area contributed by atoms with Crippen molar-refractivity contribution in [2.45, 2.75) is 5.41 Å². The molecular formula is C63H38. The van der Waals surface area contributed by atoms with Crippen molar-refractivity contribution in [2.75, 3.05) is 0 Å². The summed E-state index contributed by atoms with van der Waals surface area (Å²) in [5.41, 5.74) is 17.9. The first kappa shape index (κ1) is 34.6. The van der Waals surface area contributed by atoms with Crippen LogP contribution < -0.4 is 0 Å². The highest BCUT2D eigenvalue weighted by Crippen LogP contribution is 2.65. The first-order valence-electron chi connectivity index (χ1n) is 22.1. The zero-order chi connectivity index (χ0) is 41.2. The quantitative estimate of drug-likeness (QED) is 0.156. The molecule has 0 saturated carbocycles. The van der Waals surface area contributed by atoms with Crippen LogP contribution in [0.5, 0.6) is 0 Å². The lowest BCUT2D eigenvalue weighted by Gasteiger charge is -2.32. The lowest BCUT2D eigenvalue weighted by atomic mass is 9.69. The SMILES string of the molecule is c1ccc2c(c1)-c1ccccc1C21c2cc(-c3ccc(-c4c5ccccc5c(-c5cccc6ccccc56)c5ccccc45)cc3)c3ccccc3c2-c2ccc3ccccc3c21. The molecule has 0 nitrogen and oxygen atoms in total. The minimum Gasteiger partial charge on any atom is -0.0619 e. The molecule has 14 rings (SSSR count). The van der Waals surface area contributed by atoms with Gasteiger partial charge in [0, 0.05) is 0 Å². The summed E-state index contributed by atoms with van der Waals surface area (Å²) in [6.45, 7) is 0. The second-order valence-electron chi connectivity index (χ2n) is 17.4. The van der Waals surface area contributed by atoms with Gasteiger partial charge in [-0.1, -0.05) is 224 Å². The van der Waals surface area contributed by atoms with Crippen LogP contribution in [-0.2, 0) is 5.41 Å². The first-order chi connectivity index (χ1) is 31.3. The third-order valence-electron chi connectivity index (χ3n) is 14.4. The third kappa shape index (κ3) is 4.60. The predicted molar refractivity (Wildman–Crippen MR) is 267 cm³/mol. The molecule has 0 amide bonds. The maximum Gasteiger partial charge on any atom is 0.0731 e. The van der Waals surface area contributed by atoms with Gasteiger partial charge < -0.3 is 0 Å². The third-order valence-corrected chi connectivity index (χ3v) is 14.4. The van der Waals surface area contributed by atoms with Crippen molar-refractivity contribution in [1.29, 1.82) is 0 Å². The van der Waals surface area contributed by atoms with Crippen LogP contribution in [0.1, 0.15) is 22.3 Å². The molecule has 2 aliphatic rings. The van der Waals surface area contributed by atoms with Gasteiger partial charge in [-0.25, -0.2) is 0 Å². The molecule has 0 atom stereocenters. The van der Waals surface area contributed by atoms with Gasteiger partial charge in [-0.3, -0.25) is 0 Å². The van der Waals surface area contributed by atoms with E-state index in [4.69, 9.17) is 0 Å². The molecule has 63 heavy (non-hydrogen) atoms. The first-order valence-corrected chi connectivity index (χ1v) is 22.1. The summed E-state index contributed by atoms with van der Waals surface area (Å²) >= 11 is 0. The van der Waals surface area contributed by atoms with E-state index in [1.807, 2.05) is 0 Å². The monoisotopic (exact) mass is 794 g/mol. The minimum atomic E-state index is -0.471. The van der Waals surface area contributed by atoms with E-state index in [-0.39, 0.29) is 0 Å². The Kier molecular flexibility index (Phi) is 7.13. The van der Waals surface area contributed by atoms with Crippen LogP contribution in [0.4, 0.5) is 0 Å². The summed E-state index contributed by atoms with van der Waals surface area (Å²) in [6.07, 6.45) is 0. The van der Waals surface area contributed by atoms with Gasteiger partial charge in [0.25, 0.3) is 0 Å². The van der Waals surface area contributed by atoms with Crippen LogP contribution in [0.3, 0.4) is 0 Å². The van der Waals surface area contributed by atoms with Crippen LogP contribution in [0.25, 0.3) is 109 Å². The van der Waals surface area contributed by atoms with Crippen molar-refractivity contribution in [3.8, 4) is 55.6 Å². The fourth-order valence-electron chi connectivity index (χ4n) is 12.0. The average Bonchev–Trinajstić information content (AvgIpc) is 3.83. The summed E-state index contributed by atoms with van der Waals surface area (Å²) < 4.78 is 0. The van der Waals surface area contributed by atoms with Crippen molar-refractivity contribution in [3.63, 3.8) is 0 Å². The van der Waals surface area contributed by atoms with Crippen LogP contribution in [-0.4, -0.2) is 0 Å². The van der Waals surface area contributed by atoms with E-state index >= 15 is 0 Å². The van der Waals surface area contributed by atoms with Gasteiger partial charge in [0.1, 0.15) is 0 Å². The summed E-state index contributed by atoms with van der Waals surface area (Å²) in [5.74, 6) is 0. The largest absolute Gasteiger partial charge is 0.0731 e. The molecule has 0 heteroatoms. The average molecular weight is 795 g/mol. The standard InChI is InChI=1S/C63H38/c1-3-19-43-39(16-1)18-15-29-48(43)60-52-27-9-7-25-50(52)59(51-26-8-10-28-53(51)60)42-34-32-41(33-35-42)55-38-58-61(49-24-6-5-21-45(49)55)54-37-36-40-17-2-4-20-44(40)62(54)63(58)56-30-13-11-22-46(56)47-23-12-14-31-57(47)63/h1-38H. The lowest BCUT2D eigenvalue weighted by Crippen LogP contribution is -2.26. The van der Waals surface area contributed by atoms with Gasteiger partial charge in [-0.05, 0) is 138 Å². The van der Waals surface area contributed by atoms with E-state index in [1.54, 1.807) is 0 Å². The zero-order valence-corrected chi connectivity index (χ0v) is 34.4. The van der Waals surface area contributed by atoms with E-state index in [0.717, 1.165) is 0 Å². The second kappa shape index (κ2) is 13.0. The van der Waals surface area contributed by atoms with Gasteiger partial charge in [-0.2, -0.15) is 0 Å². The lowest BCUT2D eigenvalue weighted by molar-refractivity contribution is 0.802. The fourth-order valence-corrected chi connectivity index (χ4v) is 12.0. The Balaban J connectivity index is 1.02. The highest BCUT2D eigenvalue weighted by molar-refractivity contribution is 6.24. The maximum absolute atomic E-state index is 2.56. The van der Waals surface area contributed by atoms with Crippen molar-refractivity contribution in [3.05, 3.63) is 253 Å². The van der Waals surface area contributed by atoms with Crippen molar-refractivity contribution in [2.24, 2.45) is 0 Å². The molecule has 290 valence electrons. The molecule has 0 unspecified atom stereocenters. The second-order valence-corrected chi connectivity index (χ2v) is 17.4. The van der Waals surface area contributed by atoms with Crippen molar-refractivity contribution in [1.82, 2.24) is 0 Å². The summed E-state index contributed by atoms with van der Waals surface area (Å²) in [6, 6.07) is 86.6. The van der Waals surface area contributed by atoms with E-state index in [0.29, 0.717) is 0 Å². The highest BCUT2D eigenvalue weighted by Gasteiger charge is 2.53. The van der Waals surface area contributed by atoms with Gasteiger partial charge >= 0.3 is 0 Å². The molecule has 0 aromatic heterocycles. The molecule has 0 bridgehead atoms. The summed E-state index contributed by atoms with van der Waals surface area (Å²) in [4.78, 5) is 0. The van der Waals surface area contributed by atoms with Gasteiger partial charge in [0.05, 0.1) is 5.41 Å². The van der Waals surface area contributed by atoms with Crippen molar-refractivity contribution >= 4 is 53.9 Å². The number of hydrogen-bond donors (Lipinski definition) is 0. The molecule has 0 aliphatic heterocycles. The molecule has 2 aliphatic carbocycles. The zero-order valence-electron chi connectivity index (χ0n) is 34.4. The Morgan fingerprint density at radius 3 is 1.30 bits per heavy atom. The molecule has 12 aromatic carbocycles. The van der Waals surface area contributed by atoms with Crippen molar-refractivity contribution < 1.29 is 0 Å². The Hall–Kier alpha value is -8.06. The summed E-state index contributed by atoms with van der Waals surface area (Å²) in [5, 5.41) is 12.8. The van der Waals surface area contributed by atoms with E-state index in [1.165, 1.54) is 132 Å². The van der Waals surface area contributed by atoms with Gasteiger partial charge in [-0.15, -0.1) is 0 Å². The fraction of sp³-hybridized carbons (Fsp3) is 0.0159. The van der Waals surface area contributed by atoms with E-state index in [2.05, 4.69) is 231 Å². The molecule has 0 fully saturated rings. The topological polar surface area (TPSA) is 0 Å². The molecule has 1 spiro atoms. The number of fused-ring (bicyclic) bond motifs is 17. The highest BCUT2D eigenvalue weighted by atomic mass is 14.5. The van der Waals surface area contributed by atoms with Crippen LogP contribution in [0, 0.1) is 0 Å². The number of benzene rings is 12. The number of hydrogen-bond acceptors (Lipinski definition) is 0. The Labute approximate surface area is 366 Å². The Morgan fingerprint density at radius 2 is 0.667 bits per heavy atom. The number of rotatable bonds is 3. The molecule has 12 aromatic rings.